The lowest BCUT2D eigenvalue weighted by molar-refractivity contribution is -0.145. The van der Waals surface area contributed by atoms with Crippen LogP contribution in [-0.2, 0) is 10.3 Å². The monoisotopic (exact) mass is 309 g/mol. The molecule has 0 amide bonds. The van der Waals surface area contributed by atoms with Crippen molar-refractivity contribution in [2.24, 2.45) is 5.92 Å². The minimum Gasteiger partial charge on any atom is -0.480 e. The highest BCUT2D eigenvalue weighted by molar-refractivity contribution is 7.99. The lowest BCUT2D eigenvalue weighted by Gasteiger charge is -2.31. The molecular formula is C17H27NO2S. The molecule has 0 saturated carbocycles. The van der Waals surface area contributed by atoms with E-state index in [0.29, 0.717) is 24.1 Å². The highest BCUT2D eigenvalue weighted by Crippen LogP contribution is 2.29. The smallest absolute Gasteiger partial charge is 0.328 e. The molecule has 2 N–H and O–H groups in total. The fourth-order valence-corrected chi connectivity index (χ4v) is 3.44. The molecule has 3 nitrogen and oxygen atoms in total. The third kappa shape index (κ3) is 4.75. The van der Waals surface area contributed by atoms with E-state index < -0.39 is 11.5 Å². The van der Waals surface area contributed by atoms with Gasteiger partial charge in [0.1, 0.15) is 5.54 Å². The second kappa shape index (κ2) is 8.44. The highest BCUT2D eigenvalue weighted by Gasteiger charge is 2.39. The zero-order valence-corrected chi connectivity index (χ0v) is 14.2. The molecule has 0 bridgehead atoms. The fraction of sp³-hybridized carbons (Fsp3) is 0.588. The van der Waals surface area contributed by atoms with Crippen molar-refractivity contribution in [3.05, 3.63) is 35.9 Å². The summed E-state index contributed by atoms with van der Waals surface area (Å²) in [6.07, 6.45) is 0.585. The number of hydrogen-bond donors (Lipinski definition) is 2. The highest BCUT2D eigenvalue weighted by atomic mass is 32.2. The molecule has 0 aliphatic carbocycles. The Labute approximate surface area is 132 Å². The van der Waals surface area contributed by atoms with Crippen LogP contribution >= 0.6 is 11.8 Å². The number of rotatable bonds is 9. The van der Waals surface area contributed by atoms with Crippen molar-refractivity contribution in [3.8, 4) is 0 Å². The summed E-state index contributed by atoms with van der Waals surface area (Å²) in [5, 5.41) is 13.5. The summed E-state index contributed by atoms with van der Waals surface area (Å²) in [5.74, 6) is 0.631. The van der Waals surface area contributed by atoms with Crippen molar-refractivity contribution >= 4 is 17.7 Å². The maximum absolute atomic E-state index is 11.9. The van der Waals surface area contributed by atoms with Gasteiger partial charge in [-0.25, -0.2) is 4.79 Å². The third-order valence-corrected chi connectivity index (χ3v) is 5.42. The molecule has 0 aliphatic rings. The van der Waals surface area contributed by atoms with Gasteiger partial charge in [0.15, 0.2) is 0 Å². The molecule has 0 spiro atoms. The number of benzene rings is 1. The molecule has 1 aromatic rings. The van der Waals surface area contributed by atoms with E-state index in [0.717, 1.165) is 11.3 Å². The molecule has 118 valence electrons. The lowest BCUT2D eigenvalue weighted by atomic mass is 9.87. The van der Waals surface area contributed by atoms with Crippen molar-refractivity contribution in [1.29, 1.82) is 0 Å². The molecule has 2 atom stereocenters. The summed E-state index contributed by atoms with van der Waals surface area (Å²) in [6, 6.07) is 9.50. The second-order valence-electron chi connectivity index (χ2n) is 5.68. The standard InChI is InChI=1S/C17H27NO2S/c1-5-18-17(16(19)20,15-9-7-6-8-10-15)11-12-21-14(4)13(2)3/h6-10,13-14,18H,5,11-12H2,1-4H3,(H,19,20). The number of thioether (sulfide) groups is 1. The molecule has 1 aromatic carbocycles. The Bertz CT molecular complexity index is 436. The van der Waals surface area contributed by atoms with Crippen LogP contribution in [-0.4, -0.2) is 28.6 Å². The van der Waals surface area contributed by atoms with Gasteiger partial charge in [0.2, 0.25) is 0 Å². The molecule has 0 heterocycles. The van der Waals surface area contributed by atoms with E-state index in [1.807, 2.05) is 49.0 Å². The SMILES string of the molecule is CCNC(CCSC(C)C(C)C)(C(=O)O)c1ccccc1. The Morgan fingerprint density at radius 2 is 1.90 bits per heavy atom. The maximum Gasteiger partial charge on any atom is 0.328 e. The van der Waals surface area contributed by atoms with Gasteiger partial charge in [-0.3, -0.25) is 5.32 Å². The Morgan fingerprint density at radius 1 is 1.29 bits per heavy atom. The van der Waals surface area contributed by atoms with Crippen molar-refractivity contribution in [2.45, 2.75) is 44.9 Å². The summed E-state index contributed by atoms with van der Waals surface area (Å²) in [7, 11) is 0. The van der Waals surface area contributed by atoms with Crippen molar-refractivity contribution < 1.29 is 9.90 Å². The van der Waals surface area contributed by atoms with Crippen LogP contribution in [0, 0.1) is 5.92 Å². The van der Waals surface area contributed by atoms with E-state index in [1.165, 1.54) is 0 Å². The number of hydrogen-bond acceptors (Lipinski definition) is 3. The van der Waals surface area contributed by atoms with Crippen LogP contribution in [0.2, 0.25) is 0 Å². The Morgan fingerprint density at radius 3 is 2.38 bits per heavy atom. The van der Waals surface area contributed by atoms with Crippen LogP contribution in [0.3, 0.4) is 0 Å². The number of likely N-dealkylation sites (N-methyl/N-ethyl adjacent to an activating group) is 1. The minimum absolute atomic E-state index is 0.536. The second-order valence-corrected chi connectivity index (χ2v) is 7.16. The number of carbonyl (C=O) groups is 1. The number of nitrogens with one attached hydrogen (secondary N) is 1. The van der Waals surface area contributed by atoms with Gasteiger partial charge in [-0.15, -0.1) is 0 Å². The minimum atomic E-state index is -0.986. The average Bonchev–Trinajstić information content (AvgIpc) is 2.46. The Hall–Kier alpha value is -1.00. The zero-order chi connectivity index (χ0) is 15.9. The van der Waals surface area contributed by atoms with E-state index >= 15 is 0 Å². The van der Waals surface area contributed by atoms with Gasteiger partial charge in [-0.2, -0.15) is 11.8 Å². The van der Waals surface area contributed by atoms with Crippen molar-refractivity contribution in [2.75, 3.05) is 12.3 Å². The molecule has 0 aromatic heterocycles. The average molecular weight is 309 g/mol. The molecule has 2 unspecified atom stereocenters. The number of carboxylic acid groups (broad SMARTS) is 1. The third-order valence-electron chi connectivity index (χ3n) is 3.91. The first kappa shape index (κ1) is 18.1. The van der Waals surface area contributed by atoms with Gasteiger partial charge in [-0.1, -0.05) is 58.0 Å². The fourth-order valence-electron chi connectivity index (χ4n) is 2.26. The molecule has 1 rings (SSSR count). The van der Waals surface area contributed by atoms with Crippen molar-refractivity contribution in [1.82, 2.24) is 5.32 Å². The number of carboxylic acids is 1. The molecular weight excluding hydrogens is 282 g/mol. The van der Waals surface area contributed by atoms with Crippen LogP contribution in [0.4, 0.5) is 0 Å². The summed E-state index contributed by atoms with van der Waals surface area (Å²) in [6.45, 7) is 9.18. The van der Waals surface area contributed by atoms with E-state index in [-0.39, 0.29) is 0 Å². The summed E-state index contributed by atoms with van der Waals surface area (Å²) in [4.78, 5) is 11.9. The van der Waals surface area contributed by atoms with Crippen LogP contribution in [0.25, 0.3) is 0 Å². The summed E-state index contributed by atoms with van der Waals surface area (Å²) >= 11 is 1.85. The van der Waals surface area contributed by atoms with Crippen LogP contribution in [0.1, 0.15) is 39.7 Å². The Balaban J connectivity index is 2.90. The quantitative estimate of drug-likeness (QED) is 0.729. The van der Waals surface area contributed by atoms with Gasteiger partial charge in [0, 0.05) is 5.25 Å². The zero-order valence-electron chi connectivity index (χ0n) is 13.4. The predicted octanol–water partition coefficient (Wildman–Crippen LogP) is 3.74. The topological polar surface area (TPSA) is 49.3 Å². The first-order chi connectivity index (χ1) is 9.94. The van der Waals surface area contributed by atoms with Crippen LogP contribution in [0.15, 0.2) is 30.3 Å². The van der Waals surface area contributed by atoms with Gasteiger partial charge < -0.3 is 5.11 Å². The van der Waals surface area contributed by atoms with E-state index in [2.05, 4.69) is 26.1 Å². The van der Waals surface area contributed by atoms with Crippen LogP contribution in [0.5, 0.6) is 0 Å². The lowest BCUT2D eigenvalue weighted by Crippen LogP contribution is -2.49. The molecule has 21 heavy (non-hydrogen) atoms. The van der Waals surface area contributed by atoms with Crippen molar-refractivity contribution in [3.63, 3.8) is 0 Å². The van der Waals surface area contributed by atoms with Gasteiger partial charge in [-0.05, 0) is 30.2 Å². The van der Waals surface area contributed by atoms with E-state index in [4.69, 9.17) is 0 Å². The molecule has 0 fully saturated rings. The van der Waals surface area contributed by atoms with Gasteiger partial charge >= 0.3 is 5.97 Å². The largest absolute Gasteiger partial charge is 0.480 e. The summed E-state index contributed by atoms with van der Waals surface area (Å²) < 4.78 is 0. The molecule has 4 heteroatoms. The van der Waals surface area contributed by atoms with E-state index in [1.54, 1.807) is 0 Å². The maximum atomic E-state index is 11.9. The van der Waals surface area contributed by atoms with Crippen LogP contribution < -0.4 is 5.32 Å². The van der Waals surface area contributed by atoms with Gasteiger partial charge in [0.05, 0.1) is 0 Å². The molecule has 0 saturated heterocycles. The summed E-state index contributed by atoms with van der Waals surface area (Å²) in [5.41, 5.74) is -0.156. The number of aliphatic carboxylic acids is 1. The first-order valence-corrected chi connectivity index (χ1v) is 8.64. The molecule has 0 radical (unpaired) electrons. The normalized spacial score (nSPS) is 15.7. The molecule has 0 aliphatic heterocycles. The Kier molecular flexibility index (Phi) is 7.26. The van der Waals surface area contributed by atoms with E-state index in [9.17, 15) is 9.90 Å². The van der Waals surface area contributed by atoms with Gasteiger partial charge in [0.25, 0.3) is 0 Å². The predicted molar refractivity (Wildman–Crippen MR) is 90.8 cm³/mol. The first-order valence-electron chi connectivity index (χ1n) is 7.59.